The third kappa shape index (κ3) is 2.73. The van der Waals surface area contributed by atoms with Crippen molar-refractivity contribution in [2.75, 3.05) is 5.75 Å². The van der Waals surface area contributed by atoms with Crippen molar-refractivity contribution in [2.24, 2.45) is 5.10 Å². The van der Waals surface area contributed by atoms with Gasteiger partial charge < -0.3 is 0 Å². The molecule has 1 aromatic rings. The number of hydrazone groups is 1. The molecule has 0 aromatic heterocycles. The maximum absolute atomic E-state index is 11.4. The first-order valence-electron chi connectivity index (χ1n) is 5.19. The summed E-state index contributed by atoms with van der Waals surface area (Å²) in [5.41, 5.74) is 3.35. The summed E-state index contributed by atoms with van der Waals surface area (Å²) in [4.78, 5) is 11.4. The first kappa shape index (κ1) is 12.3. The Morgan fingerprint density at radius 1 is 1.47 bits per heavy atom. The van der Waals surface area contributed by atoms with E-state index in [1.54, 1.807) is 6.21 Å². The zero-order valence-electron chi connectivity index (χ0n) is 9.64. The maximum Gasteiger partial charge on any atom is 0.259 e. The van der Waals surface area contributed by atoms with Crippen LogP contribution >= 0.6 is 24.0 Å². The fourth-order valence-corrected chi connectivity index (χ4v) is 2.52. The number of amides is 1. The van der Waals surface area contributed by atoms with Crippen LogP contribution in [-0.2, 0) is 4.79 Å². The molecular formula is C12H12N2OS2. The van der Waals surface area contributed by atoms with E-state index < -0.39 is 0 Å². The number of carbonyl (C=O) groups is 1. The maximum atomic E-state index is 11.4. The zero-order chi connectivity index (χ0) is 12.4. The average molecular weight is 264 g/mol. The molecule has 1 aliphatic rings. The first-order valence-corrected chi connectivity index (χ1v) is 6.58. The summed E-state index contributed by atoms with van der Waals surface area (Å²) >= 11 is 6.39. The predicted octanol–water partition coefficient (Wildman–Crippen LogP) is 2.50. The van der Waals surface area contributed by atoms with E-state index in [0.29, 0.717) is 10.1 Å². The van der Waals surface area contributed by atoms with Crippen molar-refractivity contribution in [1.82, 2.24) is 5.01 Å². The molecule has 0 bridgehead atoms. The third-order valence-corrected chi connectivity index (χ3v) is 3.80. The van der Waals surface area contributed by atoms with Gasteiger partial charge in [-0.15, -0.1) is 0 Å². The summed E-state index contributed by atoms with van der Waals surface area (Å²) in [6, 6.07) is 6.10. The number of nitrogens with zero attached hydrogens (tertiary/aromatic N) is 2. The Morgan fingerprint density at radius 2 is 2.24 bits per heavy atom. The van der Waals surface area contributed by atoms with Crippen molar-refractivity contribution in [3.05, 3.63) is 34.9 Å². The standard InChI is InChI=1S/C12H12N2OS2/c1-8-3-4-10(9(2)5-8)6-13-14-11(15)7-17-12(14)16/h3-6H,7H2,1-2H3. The van der Waals surface area contributed by atoms with Crippen LogP contribution in [0.25, 0.3) is 0 Å². The molecule has 1 aliphatic heterocycles. The Hall–Kier alpha value is -1.20. The van der Waals surface area contributed by atoms with E-state index in [9.17, 15) is 4.79 Å². The van der Waals surface area contributed by atoms with E-state index >= 15 is 0 Å². The molecule has 1 heterocycles. The molecule has 0 aliphatic carbocycles. The summed E-state index contributed by atoms with van der Waals surface area (Å²) in [6.45, 7) is 4.07. The quantitative estimate of drug-likeness (QED) is 0.608. The minimum absolute atomic E-state index is 0.0546. The lowest BCUT2D eigenvalue weighted by atomic mass is 10.1. The van der Waals surface area contributed by atoms with Crippen LogP contribution in [0.3, 0.4) is 0 Å². The van der Waals surface area contributed by atoms with E-state index in [1.807, 2.05) is 26.0 Å². The van der Waals surface area contributed by atoms with Crippen molar-refractivity contribution in [3.63, 3.8) is 0 Å². The molecule has 2 rings (SSSR count). The van der Waals surface area contributed by atoms with Gasteiger partial charge in [-0.05, 0) is 25.0 Å². The predicted molar refractivity (Wildman–Crippen MR) is 75.4 cm³/mol. The summed E-state index contributed by atoms with van der Waals surface area (Å²) < 4.78 is 0.524. The van der Waals surface area contributed by atoms with Crippen molar-refractivity contribution < 1.29 is 4.79 Å². The lowest BCUT2D eigenvalue weighted by Crippen LogP contribution is -2.22. The lowest BCUT2D eigenvalue weighted by Gasteiger charge is -2.07. The number of hydrogen-bond donors (Lipinski definition) is 0. The van der Waals surface area contributed by atoms with Gasteiger partial charge in [0.15, 0.2) is 4.32 Å². The van der Waals surface area contributed by atoms with Gasteiger partial charge >= 0.3 is 0 Å². The number of benzene rings is 1. The lowest BCUT2D eigenvalue weighted by molar-refractivity contribution is -0.123. The summed E-state index contributed by atoms with van der Waals surface area (Å²) in [7, 11) is 0. The Kier molecular flexibility index (Phi) is 3.59. The van der Waals surface area contributed by atoms with Gasteiger partial charge in [-0.2, -0.15) is 10.1 Å². The normalized spacial score (nSPS) is 16.2. The number of carbonyl (C=O) groups excluding carboxylic acids is 1. The number of thioether (sulfide) groups is 1. The molecule has 0 atom stereocenters. The smallest absolute Gasteiger partial charge is 0.259 e. The van der Waals surface area contributed by atoms with Gasteiger partial charge in [0.1, 0.15) is 0 Å². The van der Waals surface area contributed by atoms with Gasteiger partial charge in [-0.1, -0.05) is 47.7 Å². The van der Waals surface area contributed by atoms with Crippen LogP contribution < -0.4 is 0 Å². The monoisotopic (exact) mass is 264 g/mol. The highest BCUT2D eigenvalue weighted by Gasteiger charge is 2.25. The van der Waals surface area contributed by atoms with E-state index in [4.69, 9.17) is 12.2 Å². The van der Waals surface area contributed by atoms with Gasteiger partial charge in [0.2, 0.25) is 0 Å². The topological polar surface area (TPSA) is 32.7 Å². The Bertz CT molecular complexity index is 495. The van der Waals surface area contributed by atoms with Gasteiger partial charge in [0.05, 0.1) is 12.0 Å². The van der Waals surface area contributed by atoms with Crippen LogP contribution in [0.4, 0.5) is 0 Å². The summed E-state index contributed by atoms with van der Waals surface area (Å²) in [5.74, 6) is 0.337. The fraction of sp³-hybridized carbons (Fsp3) is 0.250. The second-order valence-corrected chi connectivity index (χ2v) is 5.47. The molecule has 88 valence electrons. The molecule has 0 N–H and O–H groups in total. The molecule has 0 unspecified atom stereocenters. The van der Waals surface area contributed by atoms with Gasteiger partial charge in [0.25, 0.3) is 5.91 Å². The van der Waals surface area contributed by atoms with Gasteiger partial charge in [0, 0.05) is 0 Å². The molecule has 1 fully saturated rings. The molecule has 3 nitrogen and oxygen atoms in total. The van der Waals surface area contributed by atoms with E-state index in [0.717, 1.165) is 11.1 Å². The van der Waals surface area contributed by atoms with E-state index in [1.165, 1.54) is 22.3 Å². The third-order valence-electron chi connectivity index (χ3n) is 2.47. The molecule has 17 heavy (non-hydrogen) atoms. The van der Waals surface area contributed by atoms with E-state index in [-0.39, 0.29) is 5.91 Å². The number of aryl methyl sites for hydroxylation is 2. The SMILES string of the molecule is Cc1ccc(C=NN2C(=O)CSC2=S)c(C)c1. The first-order chi connectivity index (χ1) is 8.08. The Morgan fingerprint density at radius 3 is 2.82 bits per heavy atom. The fourth-order valence-electron chi connectivity index (χ4n) is 1.55. The molecule has 1 aromatic carbocycles. The van der Waals surface area contributed by atoms with Crippen LogP contribution in [0, 0.1) is 13.8 Å². The molecule has 0 saturated carbocycles. The zero-order valence-corrected chi connectivity index (χ0v) is 11.3. The molecule has 5 heteroatoms. The van der Waals surface area contributed by atoms with Crippen LogP contribution in [-0.4, -0.2) is 27.2 Å². The van der Waals surface area contributed by atoms with Crippen LogP contribution in [0.5, 0.6) is 0 Å². The highest BCUT2D eigenvalue weighted by Crippen LogP contribution is 2.19. The molecule has 0 radical (unpaired) electrons. The second kappa shape index (κ2) is 4.98. The second-order valence-electron chi connectivity index (χ2n) is 3.86. The number of rotatable bonds is 2. The van der Waals surface area contributed by atoms with Crippen molar-refractivity contribution >= 4 is 40.4 Å². The summed E-state index contributed by atoms with van der Waals surface area (Å²) in [5, 5.41) is 5.43. The van der Waals surface area contributed by atoms with Crippen molar-refractivity contribution in [1.29, 1.82) is 0 Å². The molecule has 1 saturated heterocycles. The molecule has 1 amide bonds. The highest BCUT2D eigenvalue weighted by molar-refractivity contribution is 8.23. The number of hydrogen-bond acceptors (Lipinski definition) is 4. The minimum Gasteiger partial charge on any atom is -0.272 e. The van der Waals surface area contributed by atoms with Crippen LogP contribution in [0.15, 0.2) is 23.3 Å². The van der Waals surface area contributed by atoms with Crippen molar-refractivity contribution in [2.45, 2.75) is 13.8 Å². The average Bonchev–Trinajstić information content (AvgIpc) is 2.58. The largest absolute Gasteiger partial charge is 0.272 e. The Balaban J connectivity index is 2.20. The summed E-state index contributed by atoms with van der Waals surface area (Å²) in [6.07, 6.45) is 1.69. The molecular weight excluding hydrogens is 252 g/mol. The number of thiocarbonyl (C=S) groups is 1. The van der Waals surface area contributed by atoms with Gasteiger partial charge in [-0.3, -0.25) is 4.79 Å². The van der Waals surface area contributed by atoms with Crippen molar-refractivity contribution in [3.8, 4) is 0 Å². The molecule has 0 spiro atoms. The highest BCUT2D eigenvalue weighted by atomic mass is 32.2. The minimum atomic E-state index is -0.0546. The van der Waals surface area contributed by atoms with Gasteiger partial charge in [-0.25, -0.2) is 0 Å². The van der Waals surface area contributed by atoms with Crippen LogP contribution in [0.1, 0.15) is 16.7 Å². The van der Waals surface area contributed by atoms with Crippen LogP contribution in [0.2, 0.25) is 0 Å². The Labute approximate surface area is 110 Å². The van der Waals surface area contributed by atoms with E-state index in [2.05, 4.69) is 11.2 Å².